The van der Waals surface area contributed by atoms with E-state index in [0.717, 1.165) is 30.1 Å². The number of hydrogen-bond donors (Lipinski definition) is 2. The van der Waals surface area contributed by atoms with Crippen LogP contribution < -0.4 is 10.6 Å². The fraction of sp³-hybridized carbons (Fsp3) is 0.571. The molecule has 1 aliphatic rings. The van der Waals surface area contributed by atoms with E-state index < -0.39 is 0 Å². The molecule has 0 spiro atoms. The van der Waals surface area contributed by atoms with Crippen LogP contribution in [0.5, 0.6) is 0 Å². The zero-order chi connectivity index (χ0) is 18.9. The van der Waals surface area contributed by atoms with Crippen molar-refractivity contribution in [1.82, 2.24) is 25.4 Å². The first-order valence-corrected chi connectivity index (χ1v) is 10.1. The Balaban J connectivity index is 0.00000280. The van der Waals surface area contributed by atoms with Crippen molar-refractivity contribution in [3.05, 3.63) is 47.5 Å². The smallest absolute Gasteiger partial charge is 0.191 e. The van der Waals surface area contributed by atoms with E-state index in [2.05, 4.69) is 45.1 Å². The zero-order valence-electron chi connectivity index (χ0n) is 17.0. The van der Waals surface area contributed by atoms with Crippen molar-refractivity contribution in [3.8, 4) is 0 Å². The third kappa shape index (κ3) is 7.07. The Bertz CT molecular complexity index is 722. The summed E-state index contributed by atoms with van der Waals surface area (Å²) in [5.74, 6) is 3.60. The van der Waals surface area contributed by atoms with Crippen LogP contribution in [0.15, 0.2) is 35.3 Å². The highest BCUT2D eigenvalue weighted by Gasteiger charge is 2.14. The molecule has 28 heavy (non-hydrogen) atoms. The Kier molecular flexibility index (Phi) is 9.73. The summed E-state index contributed by atoms with van der Waals surface area (Å²) in [4.78, 5) is 4.75. The number of halogens is 1. The van der Waals surface area contributed by atoms with E-state index in [9.17, 15) is 0 Å². The highest BCUT2D eigenvalue weighted by atomic mass is 127. The maximum atomic E-state index is 4.75. The lowest BCUT2D eigenvalue weighted by Gasteiger charge is -2.14. The molecule has 1 aromatic carbocycles. The van der Waals surface area contributed by atoms with E-state index in [-0.39, 0.29) is 24.0 Å². The van der Waals surface area contributed by atoms with Gasteiger partial charge in [0.15, 0.2) is 11.8 Å². The minimum Gasteiger partial charge on any atom is -0.356 e. The summed E-state index contributed by atoms with van der Waals surface area (Å²) in [6, 6.07) is 10.3. The van der Waals surface area contributed by atoms with Crippen molar-refractivity contribution in [2.45, 2.75) is 58.5 Å². The molecule has 0 aliphatic heterocycles. The second-order valence-electron chi connectivity index (χ2n) is 7.45. The maximum absolute atomic E-state index is 4.75. The molecule has 2 N–H and O–H groups in total. The van der Waals surface area contributed by atoms with E-state index >= 15 is 0 Å². The minimum atomic E-state index is 0. The molecular formula is C21H33IN6. The predicted octanol–water partition coefficient (Wildman–Crippen LogP) is 3.95. The molecular weight excluding hydrogens is 463 g/mol. The summed E-state index contributed by atoms with van der Waals surface area (Å²) in [6.45, 7) is 4.19. The summed E-state index contributed by atoms with van der Waals surface area (Å²) in [5, 5.41) is 15.2. The highest BCUT2D eigenvalue weighted by molar-refractivity contribution is 14.0. The number of aryl methyl sites for hydroxylation is 1. The average molecular weight is 496 g/mol. The second kappa shape index (κ2) is 12.0. The largest absolute Gasteiger partial charge is 0.356 e. The molecule has 0 saturated heterocycles. The van der Waals surface area contributed by atoms with Gasteiger partial charge in [0, 0.05) is 13.6 Å². The number of guanidine groups is 1. The van der Waals surface area contributed by atoms with Gasteiger partial charge in [-0.3, -0.25) is 0 Å². The molecule has 0 amide bonds. The van der Waals surface area contributed by atoms with Crippen molar-refractivity contribution >= 4 is 29.9 Å². The van der Waals surface area contributed by atoms with Crippen LogP contribution in [-0.2, 0) is 20.1 Å². The quantitative estimate of drug-likeness (QED) is 0.252. The fourth-order valence-electron chi connectivity index (χ4n) is 3.59. The Labute approximate surface area is 185 Å². The number of nitrogens with zero attached hydrogens (tertiary/aromatic N) is 4. The summed E-state index contributed by atoms with van der Waals surface area (Å²) in [5.41, 5.74) is 1.21. The summed E-state index contributed by atoms with van der Waals surface area (Å²) in [7, 11) is 1.99. The van der Waals surface area contributed by atoms with Crippen LogP contribution in [-0.4, -0.2) is 27.3 Å². The van der Waals surface area contributed by atoms with Gasteiger partial charge in [-0.05, 0) is 31.2 Å². The number of aromatic nitrogens is 3. The first kappa shape index (κ1) is 22.6. The van der Waals surface area contributed by atoms with Gasteiger partial charge in [-0.1, -0.05) is 56.0 Å². The van der Waals surface area contributed by atoms with Gasteiger partial charge in [0.05, 0.1) is 13.1 Å². The van der Waals surface area contributed by atoms with Crippen LogP contribution in [0, 0.1) is 12.8 Å². The van der Waals surface area contributed by atoms with E-state index in [1.807, 2.05) is 24.6 Å². The number of benzene rings is 1. The molecule has 3 rings (SSSR count). The molecule has 0 bridgehead atoms. The minimum absolute atomic E-state index is 0. The van der Waals surface area contributed by atoms with E-state index in [4.69, 9.17) is 4.99 Å². The Morgan fingerprint density at radius 2 is 1.89 bits per heavy atom. The molecule has 154 valence electrons. The Morgan fingerprint density at radius 3 is 2.57 bits per heavy atom. The zero-order valence-corrected chi connectivity index (χ0v) is 19.4. The lowest BCUT2D eigenvalue weighted by Crippen LogP contribution is -2.38. The van der Waals surface area contributed by atoms with Crippen LogP contribution >= 0.6 is 24.0 Å². The predicted molar refractivity (Wildman–Crippen MR) is 125 cm³/mol. The van der Waals surface area contributed by atoms with Gasteiger partial charge in [-0.2, -0.15) is 0 Å². The van der Waals surface area contributed by atoms with Gasteiger partial charge >= 0.3 is 0 Å². The molecule has 1 fully saturated rings. The monoisotopic (exact) mass is 496 g/mol. The van der Waals surface area contributed by atoms with E-state index in [1.54, 1.807) is 0 Å². The first-order valence-electron chi connectivity index (χ1n) is 10.1. The van der Waals surface area contributed by atoms with Crippen LogP contribution in [0.3, 0.4) is 0 Å². The van der Waals surface area contributed by atoms with Gasteiger partial charge in [0.2, 0.25) is 0 Å². The topological polar surface area (TPSA) is 67.1 Å². The molecule has 0 atom stereocenters. The molecule has 1 saturated carbocycles. The molecule has 6 nitrogen and oxygen atoms in total. The first-order chi connectivity index (χ1) is 13.2. The molecule has 1 heterocycles. The van der Waals surface area contributed by atoms with Gasteiger partial charge in [0.25, 0.3) is 0 Å². The van der Waals surface area contributed by atoms with Crippen molar-refractivity contribution in [1.29, 1.82) is 0 Å². The van der Waals surface area contributed by atoms with Crippen LogP contribution in [0.25, 0.3) is 0 Å². The number of nitrogens with one attached hydrogen (secondary N) is 2. The van der Waals surface area contributed by atoms with Crippen LogP contribution in [0.2, 0.25) is 0 Å². The van der Waals surface area contributed by atoms with Crippen molar-refractivity contribution in [2.75, 3.05) is 6.54 Å². The van der Waals surface area contributed by atoms with E-state index in [1.165, 1.54) is 44.1 Å². The van der Waals surface area contributed by atoms with E-state index in [0.29, 0.717) is 13.1 Å². The lowest BCUT2D eigenvalue weighted by molar-refractivity contribution is 0.481. The maximum Gasteiger partial charge on any atom is 0.191 e. The average Bonchev–Trinajstić information content (AvgIpc) is 3.32. The standard InChI is InChI=1S/C21H32N6.HI/c1-17-25-26-20(27(17)2)16-24-21(23-15-19-11-4-3-5-12-19)22-14-8-13-18-9-6-7-10-18;/h3-5,11-12,18H,6-10,13-16H2,1-2H3,(H2,22,23,24);1H. The third-order valence-corrected chi connectivity index (χ3v) is 5.42. The van der Waals surface area contributed by atoms with Gasteiger partial charge in [0.1, 0.15) is 5.82 Å². The van der Waals surface area contributed by atoms with Crippen molar-refractivity contribution < 1.29 is 0 Å². The molecule has 1 aliphatic carbocycles. The second-order valence-corrected chi connectivity index (χ2v) is 7.45. The summed E-state index contributed by atoms with van der Waals surface area (Å²) in [6.07, 6.45) is 8.18. The molecule has 2 aromatic rings. The Hall–Kier alpha value is -1.64. The molecule has 1 aromatic heterocycles. The third-order valence-electron chi connectivity index (χ3n) is 5.42. The molecule has 0 unspecified atom stereocenters. The van der Waals surface area contributed by atoms with Gasteiger partial charge in [-0.15, -0.1) is 34.2 Å². The molecule has 7 heteroatoms. The van der Waals surface area contributed by atoms with Crippen LogP contribution in [0.4, 0.5) is 0 Å². The van der Waals surface area contributed by atoms with Crippen molar-refractivity contribution in [2.24, 2.45) is 18.0 Å². The van der Waals surface area contributed by atoms with Crippen LogP contribution in [0.1, 0.15) is 55.7 Å². The summed E-state index contributed by atoms with van der Waals surface area (Å²) >= 11 is 0. The number of aliphatic imine (C=N–C) groups is 1. The Morgan fingerprint density at radius 1 is 1.14 bits per heavy atom. The molecule has 0 radical (unpaired) electrons. The highest BCUT2D eigenvalue weighted by Crippen LogP contribution is 2.28. The van der Waals surface area contributed by atoms with Gasteiger partial charge in [-0.25, -0.2) is 4.99 Å². The fourth-order valence-corrected chi connectivity index (χ4v) is 3.59. The number of hydrogen-bond acceptors (Lipinski definition) is 3. The van der Waals surface area contributed by atoms with Gasteiger partial charge < -0.3 is 15.2 Å². The number of rotatable bonds is 8. The summed E-state index contributed by atoms with van der Waals surface area (Å²) < 4.78 is 2.00. The normalized spacial score (nSPS) is 14.7. The lowest BCUT2D eigenvalue weighted by atomic mass is 10.0. The SMILES string of the molecule is Cc1nnc(CNC(=NCc2ccccc2)NCCCC2CCCC2)n1C.I. The van der Waals surface area contributed by atoms with Crippen molar-refractivity contribution in [3.63, 3.8) is 0 Å².